The monoisotopic (exact) mass is 234 g/mol. The zero-order valence-corrected chi connectivity index (χ0v) is 9.53. The van der Waals surface area contributed by atoms with E-state index in [4.69, 9.17) is 16.4 Å². The summed E-state index contributed by atoms with van der Waals surface area (Å²) < 4.78 is 0. The van der Waals surface area contributed by atoms with Gasteiger partial charge in [0.1, 0.15) is 0 Å². The highest BCUT2D eigenvalue weighted by atomic mass is 35.5. The Labute approximate surface area is 99.0 Å². The van der Waals surface area contributed by atoms with Crippen LogP contribution in [0, 0.1) is 0 Å². The van der Waals surface area contributed by atoms with Crippen LogP contribution in [-0.2, 0) is 4.84 Å². The summed E-state index contributed by atoms with van der Waals surface area (Å²) >= 11 is 6.16. The van der Waals surface area contributed by atoms with Crippen molar-refractivity contribution in [3.8, 4) is 11.3 Å². The van der Waals surface area contributed by atoms with Crippen LogP contribution in [0.5, 0.6) is 0 Å². The lowest BCUT2D eigenvalue weighted by atomic mass is 10.1. The Bertz CT molecular complexity index is 474. The maximum atomic E-state index is 6.16. The van der Waals surface area contributed by atoms with E-state index < -0.39 is 0 Å². The van der Waals surface area contributed by atoms with E-state index in [2.05, 4.69) is 10.5 Å². The van der Waals surface area contributed by atoms with Gasteiger partial charge < -0.3 is 0 Å². The predicted octanol–water partition coefficient (Wildman–Crippen LogP) is 3.38. The van der Waals surface area contributed by atoms with Crippen molar-refractivity contribution in [2.45, 2.75) is 0 Å². The van der Waals surface area contributed by atoms with Gasteiger partial charge in [-0.25, -0.2) is 0 Å². The molecular formula is C12H11ClN2O. The van der Waals surface area contributed by atoms with Gasteiger partial charge in [-0.05, 0) is 30.3 Å². The number of pyridine rings is 1. The molecule has 0 bridgehead atoms. The summed E-state index contributed by atoms with van der Waals surface area (Å²) in [6.07, 6.45) is 1.74. The predicted molar refractivity (Wildman–Crippen MR) is 65.3 cm³/mol. The molecule has 0 amide bonds. The van der Waals surface area contributed by atoms with E-state index in [-0.39, 0.29) is 0 Å². The molecule has 0 radical (unpaired) electrons. The lowest BCUT2D eigenvalue weighted by molar-refractivity contribution is 0.271. The fourth-order valence-electron chi connectivity index (χ4n) is 1.43. The molecule has 4 heteroatoms. The molecule has 0 spiro atoms. The van der Waals surface area contributed by atoms with Crippen LogP contribution < -0.4 is 5.48 Å². The molecule has 1 N–H and O–H groups in total. The van der Waals surface area contributed by atoms with Gasteiger partial charge in [0.05, 0.1) is 23.5 Å². The van der Waals surface area contributed by atoms with E-state index in [1.54, 1.807) is 19.4 Å². The molecule has 0 unspecified atom stereocenters. The topological polar surface area (TPSA) is 34.1 Å². The minimum Gasteiger partial charge on any atom is -0.279 e. The molecule has 0 saturated carbocycles. The first-order valence-electron chi connectivity index (χ1n) is 4.81. The fraction of sp³-hybridized carbons (Fsp3) is 0.0833. The van der Waals surface area contributed by atoms with Crippen LogP contribution in [0.25, 0.3) is 11.3 Å². The lowest BCUT2D eigenvalue weighted by Gasteiger charge is -2.07. The van der Waals surface area contributed by atoms with Crippen LogP contribution in [0.1, 0.15) is 0 Å². The Kier molecular flexibility index (Phi) is 3.39. The summed E-state index contributed by atoms with van der Waals surface area (Å²) in [6, 6.07) is 11.3. The second-order valence-electron chi connectivity index (χ2n) is 3.22. The Hall–Kier alpha value is -1.58. The highest BCUT2D eigenvalue weighted by Gasteiger charge is 2.04. The van der Waals surface area contributed by atoms with Crippen molar-refractivity contribution >= 4 is 17.3 Å². The average molecular weight is 235 g/mol. The van der Waals surface area contributed by atoms with E-state index in [1.807, 2.05) is 30.3 Å². The van der Waals surface area contributed by atoms with E-state index in [1.165, 1.54) is 0 Å². The normalized spacial score (nSPS) is 10.1. The average Bonchev–Trinajstić information content (AvgIpc) is 2.31. The van der Waals surface area contributed by atoms with Crippen LogP contribution in [0.15, 0.2) is 42.6 Å². The van der Waals surface area contributed by atoms with E-state index in [0.29, 0.717) is 5.02 Å². The summed E-state index contributed by atoms with van der Waals surface area (Å²) in [4.78, 5) is 9.05. The second kappa shape index (κ2) is 4.96. The van der Waals surface area contributed by atoms with Gasteiger partial charge in [-0.2, -0.15) is 0 Å². The van der Waals surface area contributed by atoms with Crippen molar-refractivity contribution in [1.29, 1.82) is 0 Å². The molecule has 0 saturated heterocycles. The number of hydrogen-bond donors (Lipinski definition) is 1. The quantitative estimate of drug-likeness (QED) is 0.827. The van der Waals surface area contributed by atoms with Crippen molar-refractivity contribution in [3.63, 3.8) is 0 Å². The first-order valence-corrected chi connectivity index (χ1v) is 5.19. The molecule has 0 atom stereocenters. The van der Waals surface area contributed by atoms with Crippen molar-refractivity contribution in [2.75, 3.05) is 12.6 Å². The van der Waals surface area contributed by atoms with Crippen molar-refractivity contribution in [1.82, 2.24) is 4.98 Å². The number of rotatable bonds is 3. The third kappa shape index (κ3) is 2.32. The third-order valence-electron chi connectivity index (χ3n) is 2.13. The van der Waals surface area contributed by atoms with Gasteiger partial charge in [0.25, 0.3) is 0 Å². The largest absolute Gasteiger partial charge is 0.279 e. The maximum Gasteiger partial charge on any atom is 0.0716 e. The molecule has 16 heavy (non-hydrogen) atoms. The number of benzene rings is 1. The van der Waals surface area contributed by atoms with Gasteiger partial charge in [0.15, 0.2) is 0 Å². The second-order valence-corrected chi connectivity index (χ2v) is 3.62. The standard InChI is InChI=1S/C12H11ClN2O/c1-16-15-9-5-6-10(11(13)8-9)12-4-2-3-7-14-12/h2-8,15H,1H3. The van der Waals surface area contributed by atoms with Gasteiger partial charge in [0, 0.05) is 11.8 Å². The van der Waals surface area contributed by atoms with Crippen LogP contribution in [0.2, 0.25) is 5.02 Å². The molecule has 0 aliphatic heterocycles. The molecule has 2 aromatic rings. The Balaban J connectivity index is 2.37. The first-order chi connectivity index (χ1) is 7.81. The van der Waals surface area contributed by atoms with Gasteiger partial charge in [-0.1, -0.05) is 17.7 Å². The summed E-state index contributed by atoms with van der Waals surface area (Å²) in [5, 5.41) is 0.640. The Morgan fingerprint density at radius 1 is 1.25 bits per heavy atom. The van der Waals surface area contributed by atoms with Gasteiger partial charge in [0.2, 0.25) is 0 Å². The van der Waals surface area contributed by atoms with Gasteiger partial charge in [-0.3, -0.25) is 15.3 Å². The summed E-state index contributed by atoms with van der Waals surface area (Å²) in [7, 11) is 1.56. The third-order valence-corrected chi connectivity index (χ3v) is 2.44. The summed E-state index contributed by atoms with van der Waals surface area (Å²) in [5.74, 6) is 0. The number of nitrogens with one attached hydrogen (secondary N) is 1. The molecule has 0 fully saturated rings. The van der Waals surface area contributed by atoms with Crippen LogP contribution in [-0.4, -0.2) is 12.1 Å². The molecule has 2 rings (SSSR count). The van der Waals surface area contributed by atoms with E-state index in [0.717, 1.165) is 16.9 Å². The molecule has 0 aliphatic rings. The lowest BCUT2D eigenvalue weighted by Crippen LogP contribution is -1.95. The van der Waals surface area contributed by atoms with Crippen LogP contribution >= 0.6 is 11.6 Å². The molecule has 0 aliphatic carbocycles. The molecule has 1 aromatic heterocycles. The zero-order valence-electron chi connectivity index (χ0n) is 8.77. The highest BCUT2D eigenvalue weighted by Crippen LogP contribution is 2.28. The maximum absolute atomic E-state index is 6.16. The Morgan fingerprint density at radius 3 is 2.75 bits per heavy atom. The number of halogens is 1. The van der Waals surface area contributed by atoms with Crippen molar-refractivity contribution in [2.24, 2.45) is 0 Å². The number of nitrogens with zero attached hydrogens (tertiary/aromatic N) is 1. The van der Waals surface area contributed by atoms with Gasteiger partial charge >= 0.3 is 0 Å². The summed E-state index contributed by atoms with van der Waals surface area (Å²) in [5.41, 5.74) is 5.30. The zero-order chi connectivity index (χ0) is 11.4. The number of aromatic nitrogens is 1. The number of anilines is 1. The molecule has 1 aromatic carbocycles. The number of hydrogen-bond acceptors (Lipinski definition) is 3. The van der Waals surface area contributed by atoms with E-state index in [9.17, 15) is 0 Å². The summed E-state index contributed by atoms with van der Waals surface area (Å²) in [6.45, 7) is 0. The van der Waals surface area contributed by atoms with Crippen LogP contribution in [0.4, 0.5) is 5.69 Å². The van der Waals surface area contributed by atoms with Crippen LogP contribution in [0.3, 0.4) is 0 Å². The minimum atomic E-state index is 0.640. The minimum absolute atomic E-state index is 0.640. The fourth-order valence-corrected chi connectivity index (χ4v) is 1.70. The highest BCUT2D eigenvalue weighted by molar-refractivity contribution is 6.33. The van der Waals surface area contributed by atoms with Crippen molar-refractivity contribution < 1.29 is 4.84 Å². The molecule has 1 heterocycles. The van der Waals surface area contributed by atoms with Crippen molar-refractivity contribution in [3.05, 3.63) is 47.6 Å². The first kappa shape index (κ1) is 10.9. The van der Waals surface area contributed by atoms with Gasteiger partial charge in [-0.15, -0.1) is 0 Å². The SMILES string of the molecule is CONc1ccc(-c2ccccn2)c(Cl)c1. The molecular weight excluding hydrogens is 224 g/mol. The Morgan fingerprint density at radius 2 is 2.12 bits per heavy atom. The molecule has 3 nitrogen and oxygen atoms in total. The molecule has 82 valence electrons. The van der Waals surface area contributed by atoms with E-state index >= 15 is 0 Å². The smallest absolute Gasteiger partial charge is 0.0716 e.